The number of piperidine rings is 1. The molecule has 2 aromatic carbocycles. The Morgan fingerprint density at radius 3 is 2.96 bits per heavy atom. The molecule has 0 bridgehead atoms. The predicted molar refractivity (Wildman–Crippen MR) is 108 cm³/mol. The number of carbonyl (C=O) groups is 1. The highest BCUT2D eigenvalue weighted by molar-refractivity contribution is 6.06. The van der Waals surface area contributed by atoms with Crippen LogP contribution in [0.25, 0.3) is 10.8 Å². The third kappa shape index (κ3) is 4.03. The number of H-pyrrole nitrogens is 1. The minimum atomic E-state index is 0.0204. The number of nitrogens with zero attached hydrogens (tertiary/aromatic N) is 2. The van der Waals surface area contributed by atoms with Gasteiger partial charge >= 0.3 is 0 Å². The van der Waals surface area contributed by atoms with E-state index < -0.39 is 0 Å². The second kappa shape index (κ2) is 7.92. The molecule has 140 valence electrons. The largest absolute Gasteiger partial charge is 0.352 e. The minimum absolute atomic E-state index is 0.0204. The van der Waals surface area contributed by atoms with Crippen LogP contribution in [0.15, 0.2) is 48.8 Å². The predicted octanol–water partition coefficient (Wildman–Crippen LogP) is 3.51. The molecule has 1 amide bonds. The minimum Gasteiger partial charge on any atom is -0.352 e. The summed E-state index contributed by atoms with van der Waals surface area (Å²) in [7, 11) is 0. The van der Waals surface area contributed by atoms with Crippen LogP contribution in [0.5, 0.6) is 0 Å². The van der Waals surface area contributed by atoms with E-state index in [0.29, 0.717) is 5.92 Å². The number of nitrogens with one attached hydrogen (secondary N) is 2. The van der Waals surface area contributed by atoms with Crippen molar-refractivity contribution in [3.8, 4) is 0 Å². The van der Waals surface area contributed by atoms with Crippen LogP contribution in [-0.4, -0.2) is 40.4 Å². The molecular formula is C22H26N4O. The summed E-state index contributed by atoms with van der Waals surface area (Å²) < 4.78 is 0. The number of aryl methyl sites for hydroxylation is 1. The normalized spacial score (nSPS) is 17.9. The Bertz CT molecular complexity index is 927. The van der Waals surface area contributed by atoms with Gasteiger partial charge in [-0.05, 0) is 49.1 Å². The smallest absolute Gasteiger partial charge is 0.251 e. The van der Waals surface area contributed by atoms with Crippen LogP contribution in [0.1, 0.15) is 34.6 Å². The van der Waals surface area contributed by atoms with Gasteiger partial charge in [-0.15, -0.1) is 0 Å². The Morgan fingerprint density at radius 1 is 1.26 bits per heavy atom. The van der Waals surface area contributed by atoms with Gasteiger partial charge in [-0.3, -0.25) is 9.69 Å². The molecule has 5 heteroatoms. The van der Waals surface area contributed by atoms with Crippen molar-refractivity contribution < 1.29 is 4.79 Å². The quantitative estimate of drug-likeness (QED) is 0.730. The van der Waals surface area contributed by atoms with E-state index in [-0.39, 0.29) is 5.91 Å². The second-order valence-corrected chi connectivity index (χ2v) is 7.45. The van der Waals surface area contributed by atoms with E-state index >= 15 is 0 Å². The number of fused-ring (bicyclic) bond motifs is 1. The summed E-state index contributed by atoms with van der Waals surface area (Å²) >= 11 is 0. The molecule has 0 radical (unpaired) electrons. The molecule has 0 aliphatic carbocycles. The summed E-state index contributed by atoms with van der Waals surface area (Å²) in [6.45, 7) is 5.76. The van der Waals surface area contributed by atoms with Gasteiger partial charge in [0.2, 0.25) is 0 Å². The van der Waals surface area contributed by atoms with Crippen molar-refractivity contribution in [3.05, 3.63) is 65.7 Å². The van der Waals surface area contributed by atoms with Crippen molar-refractivity contribution in [2.45, 2.75) is 26.3 Å². The topological polar surface area (TPSA) is 61.0 Å². The Labute approximate surface area is 159 Å². The standard InChI is InChI=1S/C22H26N4O/c1-16-21(25-15-24-16)14-26-11-5-6-17(13-26)12-23-22(27)20-10-4-8-18-7-2-3-9-19(18)20/h2-4,7-10,15,17H,5-6,11-14H2,1H3,(H,23,27)(H,24,25)/t17-/m1/s1. The molecule has 1 aliphatic heterocycles. The first kappa shape index (κ1) is 17.7. The van der Waals surface area contributed by atoms with Crippen LogP contribution in [0.4, 0.5) is 0 Å². The first-order valence-electron chi connectivity index (χ1n) is 9.68. The maximum atomic E-state index is 12.7. The number of amides is 1. The van der Waals surface area contributed by atoms with E-state index in [1.54, 1.807) is 6.33 Å². The maximum Gasteiger partial charge on any atom is 0.251 e. The van der Waals surface area contributed by atoms with Crippen molar-refractivity contribution in [2.75, 3.05) is 19.6 Å². The zero-order chi connectivity index (χ0) is 18.6. The zero-order valence-electron chi connectivity index (χ0n) is 15.7. The van der Waals surface area contributed by atoms with E-state index in [9.17, 15) is 4.79 Å². The van der Waals surface area contributed by atoms with Crippen molar-refractivity contribution in [1.29, 1.82) is 0 Å². The number of aromatic nitrogens is 2. The molecule has 0 unspecified atom stereocenters. The van der Waals surface area contributed by atoms with Crippen LogP contribution in [-0.2, 0) is 6.54 Å². The Hall–Kier alpha value is -2.66. The van der Waals surface area contributed by atoms with Crippen LogP contribution in [0.2, 0.25) is 0 Å². The van der Waals surface area contributed by atoms with Crippen LogP contribution < -0.4 is 5.32 Å². The number of imidazole rings is 1. The lowest BCUT2D eigenvalue weighted by Crippen LogP contribution is -2.40. The number of aromatic amines is 1. The summed E-state index contributed by atoms with van der Waals surface area (Å²) in [5.41, 5.74) is 3.02. The fourth-order valence-electron chi connectivity index (χ4n) is 3.98. The van der Waals surface area contributed by atoms with Crippen LogP contribution in [0, 0.1) is 12.8 Å². The van der Waals surface area contributed by atoms with E-state index in [4.69, 9.17) is 0 Å². The van der Waals surface area contributed by atoms with Gasteiger partial charge in [0.05, 0.1) is 12.0 Å². The van der Waals surface area contributed by atoms with Gasteiger partial charge in [0.15, 0.2) is 0 Å². The highest BCUT2D eigenvalue weighted by Crippen LogP contribution is 2.20. The van der Waals surface area contributed by atoms with Crippen LogP contribution >= 0.6 is 0 Å². The van der Waals surface area contributed by atoms with Gasteiger partial charge in [-0.1, -0.05) is 36.4 Å². The van der Waals surface area contributed by atoms with Crippen molar-refractivity contribution in [2.24, 2.45) is 5.92 Å². The lowest BCUT2D eigenvalue weighted by Gasteiger charge is -2.32. The first-order chi connectivity index (χ1) is 13.2. The molecule has 2 N–H and O–H groups in total. The van der Waals surface area contributed by atoms with E-state index in [0.717, 1.165) is 66.7 Å². The van der Waals surface area contributed by atoms with E-state index in [1.165, 1.54) is 0 Å². The molecule has 0 spiro atoms. The summed E-state index contributed by atoms with van der Waals surface area (Å²) in [5.74, 6) is 0.504. The molecule has 4 rings (SSSR count). The van der Waals surface area contributed by atoms with Gasteiger partial charge in [-0.25, -0.2) is 4.98 Å². The van der Waals surface area contributed by atoms with E-state index in [2.05, 4.69) is 27.1 Å². The van der Waals surface area contributed by atoms with Gasteiger partial charge in [0.1, 0.15) is 0 Å². The summed E-state index contributed by atoms with van der Waals surface area (Å²) in [6, 6.07) is 13.9. The van der Waals surface area contributed by atoms with Crippen molar-refractivity contribution >= 4 is 16.7 Å². The molecule has 1 aromatic heterocycles. The highest BCUT2D eigenvalue weighted by Gasteiger charge is 2.22. The molecular weight excluding hydrogens is 336 g/mol. The first-order valence-corrected chi connectivity index (χ1v) is 9.68. The fourth-order valence-corrected chi connectivity index (χ4v) is 3.98. The second-order valence-electron chi connectivity index (χ2n) is 7.45. The number of likely N-dealkylation sites (tertiary alicyclic amines) is 1. The van der Waals surface area contributed by atoms with Gasteiger partial charge in [0.25, 0.3) is 5.91 Å². The summed E-state index contributed by atoms with van der Waals surface area (Å²) in [6.07, 6.45) is 4.08. The average Bonchev–Trinajstić information content (AvgIpc) is 3.10. The Morgan fingerprint density at radius 2 is 2.11 bits per heavy atom. The average molecular weight is 362 g/mol. The van der Waals surface area contributed by atoms with Crippen molar-refractivity contribution in [3.63, 3.8) is 0 Å². The highest BCUT2D eigenvalue weighted by atomic mass is 16.1. The summed E-state index contributed by atoms with van der Waals surface area (Å²) in [4.78, 5) is 22.7. The van der Waals surface area contributed by atoms with Gasteiger partial charge < -0.3 is 10.3 Å². The van der Waals surface area contributed by atoms with Gasteiger partial charge in [0, 0.05) is 30.9 Å². The van der Waals surface area contributed by atoms with Crippen molar-refractivity contribution in [1.82, 2.24) is 20.2 Å². The lowest BCUT2D eigenvalue weighted by molar-refractivity contribution is 0.0932. The SMILES string of the molecule is Cc1[nH]cnc1CN1CCC[C@H](CNC(=O)c2cccc3ccccc23)C1. The molecule has 5 nitrogen and oxygen atoms in total. The fraction of sp³-hybridized carbons (Fsp3) is 0.364. The molecule has 0 saturated carbocycles. The van der Waals surface area contributed by atoms with Gasteiger partial charge in [-0.2, -0.15) is 0 Å². The Kier molecular flexibility index (Phi) is 5.21. The third-order valence-electron chi connectivity index (χ3n) is 5.50. The maximum absolute atomic E-state index is 12.7. The molecule has 1 fully saturated rings. The third-order valence-corrected chi connectivity index (χ3v) is 5.50. The number of hydrogen-bond donors (Lipinski definition) is 2. The molecule has 3 aromatic rings. The molecule has 1 saturated heterocycles. The molecule has 1 aliphatic rings. The number of benzene rings is 2. The van der Waals surface area contributed by atoms with E-state index in [1.807, 2.05) is 42.5 Å². The molecule has 27 heavy (non-hydrogen) atoms. The molecule has 1 atom stereocenters. The summed E-state index contributed by atoms with van der Waals surface area (Å²) in [5, 5.41) is 5.28. The molecule has 2 heterocycles. The number of rotatable bonds is 5. The number of carbonyl (C=O) groups excluding carboxylic acids is 1. The monoisotopic (exact) mass is 362 g/mol. The lowest BCUT2D eigenvalue weighted by atomic mass is 9.97. The zero-order valence-corrected chi connectivity index (χ0v) is 15.7. The number of hydrogen-bond acceptors (Lipinski definition) is 3. The Balaban J connectivity index is 1.36. The van der Waals surface area contributed by atoms with Crippen LogP contribution in [0.3, 0.4) is 0 Å².